The standard InChI is InChI=1S/C10H21NO3/c1-8(2)7-9(13)3-4-10(14)11-5-6-12/h8-9,12-13H,3-7H2,1-2H3,(H,11,14). The molecular formula is C10H21NO3. The number of carbonyl (C=O) groups excluding carboxylic acids is 1. The lowest BCUT2D eigenvalue weighted by atomic mass is 10.0. The number of carbonyl (C=O) groups is 1. The van der Waals surface area contributed by atoms with Gasteiger partial charge in [-0.05, 0) is 18.8 Å². The Morgan fingerprint density at radius 3 is 2.57 bits per heavy atom. The van der Waals surface area contributed by atoms with Gasteiger partial charge in [0.15, 0.2) is 0 Å². The Balaban J connectivity index is 3.45. The van der Waals surface area contributed by atoms with Crippen molar-refractivity contribution in [2.75, 3.05) is 13.2 Å². The zero-order chi connectivity index (χ0) is 11.0. The molecule has 1 amide bonds. The molecular weight excluding hydrogens is 182 g/mol. The highest BCUT2D eigenvalue weighted by atomic mass is 16.3. The van der Waals surface area contributed by atoms with Crippen molar-refractivity contribution in [3.8, 4) is 0 Å². The predicted octanol–water partition coefficient (Wildman–Crippen LogP) is 0.282. The molecule has 0 aliphatic heterocycles. The number of rotatable bonds is 7. The third-order valence-corrected chi connectivity index (χ3v) is 1.88. The monoisotopic (exact) mass is 203 g/mol. The van der Waals surface area contributed by atoms with Gasteiger partial charge in [0, 0.05) is 13.0 Å². The highest BCUT2D eigenvalue weighted by molar-refractivity contribution is 5.75. The Bertz CT molecular complexity index is 159. The van der Waals surface area contributed by atoms with Crippen LogP contribution in [0.4, 0.5) is 0 Å². The van der Waals surface area contributed by atoms with Crippen LogP contribution in [0.1, 0.15) is 33.1 Å². The van der Waals surface area contributed by atoms with E-state index in [4.69, 9.17) is 5.11 Å². The topological polar surface area (TPSA) is 69.6 Å². The zero-order valence-electron chi connectivity index (χ0n) is 8.99. The summed E-state index contributed by atoms with van der Waals surface area (Å²) in [6.07, 6.45) is 1.16. The Labute approximate surface area is 85.3 Å². The van der Waals surface area contributed by atoms with E-state index >= 15 is 0 Å². The first-order valence-electron chi connectivity index (χ1n) is 5.12. The summed E-state index contributed by atoms with van der Waals surface area (Å²) >= 11 is 0. The predicted molar refractivity (Wildman–Crippen MR) is 54.8 cm³/mol. The summed E-state index contributed by atoms with van der Waals surface area (Å²) in [7, 11) is 0. The lowest BCUT2D eigenvalue weighted by Crippen LogP contribution is -2.27. The lowest BCUT2D eigenvalue weighted by Gasteiger charge is -2.12. The molecule has 0 aliphatic carbocycles. The number of aliphatic hydroxyl groups is 2. The molecule has 1 atom stereocenters. The zero-order valence-corrected chi connectivity index (χ0v) is 8.99. The first kappa shape index (κ1) is 13.4. The third kappa shape index (κ3) is 8.01. The Kier molecular flexibility index (Phi) is 7.42. The number of nitrogens with one attached hydrogen (secondary N) is 1. The molecule has 14 heavy (non-hydrogen) atoms. The molecule has 4 nitrogen and oxygen atoms in total. The van der Waals surface area contributed by atoms with Gasteiger partial charge in [0.25, 0.3) is 0 Å². The minimum absolute atomic E-state index is 0.0414. The van der Waals surface area contributed by atoms with Gasteiger partial charge in [0.2, 0.25) is 5.91 Å². The Morgan fingerprint density at radius 1 is 1.43 bits per heavy atom. The highest BCUT2D eigenvalue weighted by Gasteiger charge is 2.09. The number of aliphatic hydroxyl groups excluding tert-OH is 2. The van der Waals surface area contributed by atoms with Crippen LogP contribution in [0.2, 0.25) is 0 Å². The fourth-order valence-corrected chi connectivity index (χ4v) is 1.24. The van der Waals surface area contributed by atoms with Crippen LogP contribution in [0.5, 0.6) is 0 Å². The van der Waals surface area contributed by atoms with Crippen LogP contribution in [0.25, 0.3) is 0 Å². The summed E-state index contributed by atoms with van der Waals surface area (Å²) in [6, 6.07) is 0. The molecule has 0 rings (SSSR count). The first-order chi connectivity index (χ1) is 6.56. The van der Waals surface area contributed by atoms with Crippen molar-refractivity contribution in [1.29, 1.82) is 0 Å². The summed E-state index contributed by atoms with van der Waals surface area (Å²) < 4.78 is 0. The average Bonchev–Trinajstić information content (AvgIpc) is 2.10. The normalized spacial score (nSPS) is 12.9. The van der Waals surface area contributed by atoms with Crippen molar-refractivity contribution in [3.63, 3.8) is 0 Å². The van der Waals surface area contributed by atoms with Crippen molar-refractivity contribution in [3.05, 3.63) is 0 Å². The molecule has 84 valence electrons. The van der Waals surface area contributed by atoms with Gasteiger partial charge in [-0.3, -0.25) is 4.79 Å². The van der Waals surface area contributed by atoms with Crippen molar-refractivity contribution < 1.29 is 15.0 Å². The first-order valence-corrected chi connectivity index (χ1v) is 5.12. The van der Waals surface area contributed by atoms with E-state index in [1.54, 1.807) is 0 Å². The van der Waals surface area contributed by atoms with Gasteiger partial charge in [0.1, 0.15) is 0 Å². The average molecular weight is 203 g/mol. The smallest absolute Gasteiger partial charge is 0.220 e. The second-order valence-electron chi connectivity index (χ2n) is 3.90. The van der Waals surface area contributed by atoms with E-state index in [0.29, 0.717) is 25.3 Å². The fraction of sp³-hybridized carbons (Fsp3) is 0.900. The number of hydrogen-bond donors (Lipinski definition) is 3. The number of amides is 1. The van der Waals surface area contributed by atoms with Gasteiger partial charge in [0.05, 0.1) is 12.7 Å². The van der Waals surface area contributed by atoms with Gasteiger partial charge in [-0.1, -0.05) is 13.8 Å². The van der Waals surface area contributed by atoms with Crippen molar-refractivity contribution in [1.82, 2.24) is 5.32 Å². The highest BCUT2D eigenvalue weighted by Crippen LogP contribution is 2.09. The van der Waals surface area contributed by atoms with Gasteiger partial charge in [-0.15, -0.1) is 0 Å². The fourth-order valence-electron chi connectivity index (χ4n) is 1.24. The van der Waals surface area contributed by atoms with E-state index in [-0.39, 0.29) is 12.5 Å². The second-order valence-corrected chi connectivity index (χ2v) is 3.90. The van der Waals surface area contributed by atoms with Crippen molar-refractivity contribution in [2.45, 2.75) is 39.2 Å². The molecule has 0 aromatic carbocycles. The molecule has 1 unspecified atom stereocenters. The molecule has 0 heterocycles. The summed E-state index contributed by atoms with van der Waals surface area (Å²) in [6.45, 7) is 4.32. The second kappa shape index (κ2) is 7.76. The molecule has 0 aliphatic rings. The van der Waals surface area contributed by atoms with Crippen LogP contribution in [-0.4, -0.2) is 35.4 Å². The minimum atomic E-state index is -0.394. The molecule has 0 saturated carbocycles. The van der Waals surface area contributed by atoms with Gasteiger partial charge >= 0.3 is 0 Å². The van der Waals surface area contributed by atoms with Crippen LogP contribution >= 0.6 is 0 Å². The van der Waals surface area contributed by atoms with Crippen LogP contribution in [0.15, 0.2) is 0 Å². The van der Waals surface area contributed by atoms with Crippen molar-refractivity contribution >= 4 is 5.91 Å². The molecule has 0 aromatic heterocycles. The quantitative estimate of drug-likeness (QED) is 0.556. The van der Waals surface area contributed by atoms with Crippen LogP contribution in [0.3, 0.4) is 0 Å². The van der Waals surface area contributed by atoms with E-state index < -0.39 is 6.10 Å². The summed E-state index contributed by atoms with van der Waals surface area (Å²) in [5, 5.41) is 20.5. The molecule has 0 bridgehead atoms. The van der Waals surface area contributed by atoms with Crippen LogP contribution in [0, 0.1) is 5.92 Å². The Morgan fingerprint density at radius 2 is 2.07 bits per heavy atom. The van der Waals surface area contributed by atoms with E-state index in [2.05, 4.69) is 5.32 Å². The maximum Gasteiger partial charge on any atom is 0.220 e. The van der Waals surface area contributed by atoms with E-state index in [1.807, 2.05) is 13.8 Å². The molecule has 3 N–H and O–H groups in total. The largest absolute Gasteiger partial charge is 0.395 e. The van der Waals surface area contributed by atoms with E-state index in [1.165, 1.54) is 0 Å². The molecule has 0 spiro atoms. The van der Waals surface area contributed by atoms with Crippen LogP contribution in [-0.2, 0) is 4.79 Å². The van der Waals surface area contributed by atoms with Crippen LogP contribution < -0.4 is 5.32 Å². The maximum atomic E-state index is 11.1. The summed E-state index contributed by atoms with van der Waals surface area (Å²) in [5.41, 5.74) is 0. The van der Waals surface area contributed by atoms with Crippen molar-refractivity contribution in [2.24, 2.45) is 5.92 Å². The Hall–Kier alpha value is -0.610. The minimum Gasteiger partial charge on any atom is -0.395 e. The SMILES string of the molecule is CC(C)CC(O)CCC(=O)NCCO. The number of hydrogen-bond acceptors (Lipinski definition) is 3. The van der Waals surface area contributed by atoms with E-state index in [9.17, 15) is 9.90 Å². The molecule has 4 heteroatoms. The van der Waals surface area contributed by atoms with Gasteiger partial charge in [-0.25, -0.2) is 0 Å². The maximum absolute atomic E-state index is 11.1. The lowest BCUT2D eigenvalue weighted by molar-refractivity contribution is -0.121. The molecule has 0 saturated heterocycles. The summed E-state index contributed by atoms with van der Waals surface area (Å²) in [5.74, 6) is 0.340. The van der Waals surface area contributed by atoms with Gasteiger partial charge in [-0.2, -0.15) is 0 Å². The summed E-state index contributed by atoms with van der Waals surface area (Å²) in [4.78, 5) is 11.1. The third-order valence-electron chi connectivity index (χ3n) is 1.88. The van der Waals surface area contributed by atoms with Gasteiger partial charge < -0.3 is 15.5 Å². The molecule has 0 fully saturated rings. The van der Waals surface area contributed by atoms with E-state index in [0.717, 1.165) is 6.42 Å². The molecule has 0 radical (unpaired) electrons. The molecule has 0 aromatic rings.